The van der Waals surface area contributed by atoms with E-state index in [1.165, 1.54) is 22.3 Å². The molecule has 4 aromatic rings. The number of aryl methyl sites for hydroxylation is 1. The molecule has 3 nitrogen and oxygen atoms in total. The van der Waals surface area contributed by atoms with E-state index in [0.717, 1.165) is 27.8 Å². The average Bonchev–Trinajstić information content (AvgIpc) is 3.38. The van der Waals surface area contributed by atoms with Crippen LogP contribution in [0.5, 0.6) is 0 Å². The number of carbonyl (C=O) groups is 1. The van der Waals surface area contributed by atoms with Gasteiger partial charge in [-0.15, -0.1) is 0 Å². The van der Waals surface area contributed by atoms with E-state index < -0.39 is 41.7 Å². The summed E-state index contributed by atoms with van der Waals surface area (Å²) in [4.78, 5) is 11.7. The van der Waals surface area contributed by atoms with Crippen molar-refractivity contribution >= 4 is 5.78 Å². The van der Waals surface area contributed by atoms with Crippen molar-refractivity contribution in [2.45, 2.75) is 116 Å². The number of imidazole rings is 1. The summed E-state index contributed by atoms with van der Waals surface area (Å²) in [6.45, 7) is 17.1. The molecule has 0 bridgehead atoms. The Kier molecular flexibility index (Phi) is 12.2. The second-order valence-corrected chi connectivity index (χ2v) is 16.7. The van der Waals surface area contributed by atoms with E-state index in [0.29, 0.717) is 23.4 Å². The summed E-state index contributed by atoms with van der Waals surface area (Å²) in [5.41, 5.74) is 4.97. The van der Waals surface area contributed by atoms with Crippen LogP contribution in [0.3, 0.4) is 0 Å². The first kappa shape index (κ1) is 38.7. The quantitative estimate of drug-likeness (QED) is 0.0792. The van der Waals surface area contributed by atoms with Crippen molar-refractivity contribution < 1.29 is 46.0 Å². The van der Waals surface area contributed by atoms with Crippen molar-refractivity contribution in [3.63, 3.8) is 0 Å². The van der Waals surface area contributed by atoms with Gasteiger partial charge >= 0.3 is 286 Å². The standard InChI is InChI=1S/C39H48F2N2O.CF3.Au/c1-25(2)32-14-10-15-33(26(3)4)37(32)42-23-36(39(40,41)22-12-13-30-18-20-31(21-19-30)29(9)44)43(24-42)38-34(27(5)6)16-11-17-35(38)28(7)8;2-1(3)4;/h10-11,14-21,23,25-28H,12-13,22H2,1-9H3;;. The normalized spacial score (nSPS) is 13.4. The first-order chi connectivity index (χ1) is 22.8. The number of halogens is 5. The molecule has 1 aromatic heterocycles. The van der Waals surface area contributed by atoms with Gasteiger partial charge in [0.05, 0.1) is 0 Å². The van der Waals surface area contributed by atoms with Crippen LogP contribution in [0.2, 0.25) is 0 Å². The predicted octanol–water partition coefficient (Wildman–Crippen LogP) is 12.2. The zero-order chi connectivity index (χ0) is 36.4. The number of nitrogens with zero attached hydrogens (tertiary/aromatic N) is 2. The number of para-hydroxylation sites is 2. The molecule has 0 fully saturated rings. The maximum atomic E-state index is 17.0. The molecular formula is C40H48AuF5N2O. The first-order valence-electron chi connectivity index (χ1n) is 16.9. The van der Waals surface area contributed by atoms with Crippen LogP contribution >= 0.6 is 0 Å². The Morgan fingerprint density at radius 3 is 1.55 bits per heavy atom. The fourth-order valence-electron chi connectivity index (χ4n) is 6.29. The molecule has 0 atom stereocenters. The Morgan fingerprint density at radius 2 is 1.14 bits per heavy atom. The van der Waals surface area contributed by atoms with Gasteiger partial charge in [-0.2, -0.15) is 0 Å². The van der Waals surface area contributed by atoms with Crippen LogP contribution in [0, 0.1) is 3.63 Å². The maximum absolute atomic E-state index is 17.0. The van der Waals surface area contributed by atoms with E-state index in [1.807, 2.05) is 91.8 Å². The molecule has 0 amide bonds. The number of aromatic nitrogens is 2. The van der Waals surface area contributed by atoms with E-state index in [-0.39, 0.29) is 39.5 Å². The summed E-state index contributed by atoms with van der Waals surface area (Å²) >= 11 is -2.60. The van der Waals surface area contributed by atoms with Crippen LogP contribution < -0.4 is 0 Å². The summed E-state index contributed by atoms with van der Waals surface area (Å²) in [7, 11) is 0. The van der Waals surface area contributed by atoms with Crippen molar-refractivity contribution in [3.05, 3.63) is 110 Å². The van der Waals surface area contributed by atoms with Gasteiger partial charge < -0.3 is 0 Å². The number of Topliss-reactive ketones (excluding diaryl/α,β-unsaturated/α-hetero) is 1. The van der Waals surface area contributed by atoms with Crippen LogP contribution in [0.15, 0.2) is 66.9 Å². The molecule has 0 saturated carbocycles. The van der Waals surface area contributed by atoms with Gasteiger partial charge in [-0.1, -0.05) is 0 Å². The van der Waals surface area contributed by atoms with Gasteiger partial charge in [0.2, 0.25) is 0 Å². The molecule has 3 aromatic carbocycles. The third-order valence-electron chi connectivity index (χ3n) is 8.83. The van der Waals surface area contributed by atoms with E-state index >= 15 is 8.78 Å². The van der Waals surface area contributed by atoms with Crippen LogP contribution in [0.25, 0.3) is 11.4 Å². The van der Waals surface area contributed by atoms with E-state index in [1.54, 1.807) is 24.3 Å². The van der Waals surface area contributed by atoms with E-state index in [2.05, 4.69) is 0 Å². The molecule has 4 rings (SSSR count). The predicted molar refractivity (Wildman–Crippen MR) is 184 cm³/mol. The van der Waals surface area contributed by atoms with Crippen molar-refractivity contribution in [2.75, 3.05) is 0 Å². The first-order valence-corrected chi connectivity index (χ1v) is 19.1. The van der Waals surface area contributed by atoms with E-state index in [9.17, 15) is 18.0 Å². The molecule has 9 heteroatoms. The zero-order valence-corrected chi connectivity index (χ0v) is 31.9. The third kappa shape index (κ3) is 8.81. The second kappa shape index (κ2) is 15.4. The average molecular weight is 865 g/mol. The minimum absolute atomic E-state index is 0.0625. The zero-order valence-electron chi connectivity index (χ0n) is 29.8. The number of ketones is 1. The molecule has 49 heavy (non-hydrogen) atoms. The minimum atomic E-state index is -4.58. The van der Waals surface area contributed by atoms with Crippen LogP contribution in [-0.4, -0.2) is 19.3 Å². The number of hydrogen-bond acceptors (Lipinski definition) is 1. The fourth-order valence-corrected chi connectivity index (χ4v) is 8.23. The molecule has 0 aliphatic heterocycles. The summed E-state index contributed by atoms with van der Waals surface area (Å²) in [5.74, 6) is -3.93. The number of alkyl halides is 5. The molecule has 0 radical (unpaired) electrons. The summed E-state index contributed by atoms with van der Waals surface area (Å²) in [6.07, 6.45) is 1.18. The number of benzene rings is 3. The number of rotatable bonds is 12. The molecule has 1 heterocycles. The Balaban J connectivity index is 2.09. The van der Waals surface area contributed by atoms with Crippen molar-refractivity contribution in [1.29, 1.82) is 0 Å². The molecular weight excluding hydrogens is 816 g/mol. The molecule has 0 saturated heterocycles. The van der Waals surface area contributed by atoms with Crippen molar-refractivity contribution in [1.82, 2.24) is 9.13 Å². The van der Waals surface area contributed by atoms with Crippen LogP contribution in [0.4, 0.5) is 22.0 Å². The number of carbonyl (C=O) groups excluding carboxylic acids is 1. The van der Waals surface area contributed by atoms with Crippen molar-refractivity contribution in [2.24, 2.45) is 0 Å². The monoisotopic (exact) mass is 864 g/mol. The number of hydrogen-bond donors (Lipinski definition) is 0. The molecule has 0 aliphatic carbocycles. The van der Waals surface area contributed by atoms with Gasteiger partial charge in [0.1, 0.15) is 0 Å². The second-order valence-electron chi connectivity index (χ2n) is 13.9. The SMILES string of the molecule is CC(=O)c1ccc(CCCC(F)(F)c2cn(-c3c(C(C)C)cccc3C(C)C)[c](=[Au][C](F)(F)F)n2-c2c(C(C)C)cccc2C(C)C)cc1. The molecule has 0 unspecified atom stereocenters. The fraction of sp³-hybridized carbons (Fsp3) is 0.450. The topological polar surface area (TPSA) is 26.9 Å². The third-order valence-corrected chi connectivity index (χ3v) is 10.9. The van der Waals surface area contributed by atoms with Gasteiger partial charge in [-0.25, -0.2) is 0 Å². The molecule has 270 valence electrons. The van der Waals surface area contributed by atoms with E-state index in [4.69, 9.17) is 0 Å². The Bertz CT molecular complexity index is 1790. The van der Waals surface area contributed by atoms with Gasteiger partial charge in [0, 0.05) is 0 Å². The molecule has 0 spiro atoms. The molecule has 0 aliphatic rings. The Morgan fingerprint density at radius 1 is 0.694 bits per heavy atom. The Labute approximate surface area is 296 Å². The van der Waals surface area contributed by atoms with Gasteiger partial charge in [-0.3, -0.25) is 4.79 Å². The molecule has 0 N–H and O–H groups in total. The van der Waals surface area contributed by atoms with Gasteiger partial charge in [0.25, 0.3) is 0 Å². The van der Waals surface area contributed by atoms with Crippen LogP contribution in [0.1, 0.15) is 143 Å². The summed E-state index contributed by atoms with van der Waals surface area (Å²) in [6, 6.07) is 18.1. The van der Waals surface area contributed by atoms with Gasteiger partial charge in [-0.05, 0) is 6.92 Å². The van der Waals surface area contributed by atoms with Crippen LogP contribution in [-0.2, 0) is 31.6 Å². The Hall–Kier alpha value is -3.07. The van der Waals surface area contributed by atoms with Crippen molar-refractivity contribution in [3.8, 4) is 11.4 Å². The van der Waals surface area contributed by atoms with Gasteiger partial charge in [0.15, 0.2) is 0 Å². The summed E-state index contributed by atoms with van der Waals surface area (Å²) < 4.78 is 76.2. The summed E-state index contributed by atoms with van der Waals surface area (Å²) in [5, 5.41) is 0.